The van der Waals surface area contributed by atoms with Crippen LogP contribution < -0.4 is 5.73 Å². The second-order valence-corrected chi connectivity index (χ2v) is 4.52. The van der Waals surface area contributed by atoms with Gasteiger partial charge < -0.3 is 10.8 Å². The number of hydrogen-bond donors (Lipinski definition) is 2. The summed E-state index contributed by atoms with van der Waals surface area (Å²) in [5.41, 5.74) is 7.35. The summed E-state index contributed by atoms with van der Waals surface area (Å²) in [6.07, 6.45) is 1.25. The highest BCUT2D eigenvalue weighted by molar-refractivity contribution is 5.47. The maximum atomic E-state index is 9.68. The second kappa shape index (κ2) is 4.11. The number of phenolic OH excluding ortho intramolecular Hbond substituents is 1. The van der Waals surface area contributed by atoms with E-state index in [0.717, 1.165) is 36.8 Å². The Labute approximate surface area is 90.5 Å². The Kier molecular flexibility index (Phi) is 2.82. The van der Waals surface area contributed by atoms with E-state index in [9.17, 15) is 5.11 Å². The SMILES string of the molecule is CC1CCN(Cc2cc(N)ccc2O)C1. The van der Waals surface area contributed by atoms with Crippen molar-refractivity contribution in [1.82, 2.24) is 4.90 Å². The van der Waals surface area contributed by atoms with Gasteiger partial charge in [-0.15, -0.1) is 0 Å². The maximum Gasteiger partial charge on any atom is 0.120 e. The van der Waals surface area contributed by atoms with Crippen molar-refractivity contribution in [3.8, 4) is 5.75 Å². The first kappa shape index (κ1) is 10.3. The first-order valence-corrected chi connectivity index (χ1v) is 5.45. The van der Waals surface area contributed by atoms with Crippen molar-refractivity contribution < 1.29 is 5.11 Å². The Balaban J connectivity index is 2.07. The zero-order valence-electron chi connectivity index (χ0n) is 9.11. The van der Waals surface area contributed by atoms with E-state index < -0.39 is 0 Å². The smallest absolute Gasteiger partial charge is 0.120 e. The van der Waals surface area contributed by atoms with Gasteiger partial charge in [-0.1, -0.05) is 6.92 Å². The van der Waals surface area contributed by atoms with E-state index in [1.165, 1.54) is 6.42 Å². The molecule has 1 fully saturated rings. The molecule has 1 aliphatic heterocycles. The number of nitrogen functional groups attached to an aromatic ring is 1. The molecule has 0 aliphatic carbocycles. The van der Waals surface area contributed by atoms with Crippen LogP contribution in [0.5, 0.6) is 5.75 Å². The molecule has 15 heavy (non-hydrogen) atoms. The highest BCUT2D eigenvalue weighted by Crippen LogP contribution is 2.24. The molecule has 0 bridgehead atoms. The van der Waals surface area contributed by atoms with Gasteiger partial charge in [0.15, 0.2) is 0 Å². The van der Waals surface area contributed by atoms with Gasteiger partial charge in [0, 0.05) is 24.3 Å². The third-order valence-electron chi connectivity index (χ3n) is 3.01. The minimum atomic E-state index is 0.351. The first-order chi connectivity index (χ1) is 7.15. The molecule has 0 saturated carbocycles. The molecule has 1 heterocycles. The number of benzene rings is 1. The van der Waals surface area contributed by atoms with E-state index >= 15 is 0 Å². The van der Waals surface area contributed by atoms with E-state index in [2.05, 4.69) is 11.8 Å². The quantitative estimate of drug-likeness (QED) is 0.573. The van der Waals surface area contributed by atoms with Crippen molar-refractivity contribution in [1.29, 1.82) is 0 Å². The summed E-state index contributed by atoms with van der Waals surface area (Å²) >= 11 is 0. The lowest BCUT2D eigenvalue weighted by molar-refractivity contribution is 0.314. The fourth-order valence-electron chi connectivity index (χ4n) is 2.14. The summed E-state index contributed by atoms with van der Waals surface area (Å²) in [4.78, 5) is 2.36. The van der Waals surface area contributed by atoms with Gasteiger partial charge in [0.05, 0.1) is 0 Å². The number of anilines is 1. The minimum absolute atomic E-state index is 0.351. The molecule has 0 amide bonds. The normalized spacial score (nSPS) is 22.1. The van der Waals surface area contributed by atoms with E-state index in [-0.39, 0.29) is 0 Å². The molecule has 3 heteroatoms. The fraction of sp³-hybridized carbons (Fsp3) is 0.500. The topological polar surface area (TPSA) is 49.5 Å². The van der Waals surface area contributed by atoms with Gasteiger partial charge in [0.1, 0.15) is 5.75 Å². The van der Waals surface area contributed by atoms with Crippen molar-refractivity contribution in [2.75, 3.05) is 18.8 Å². The number of nitrogens with two attached hydrogens (primary N) is 1. The van der Waals surface area contributed by atoms with E-state index in [1.54, 1.807) is 12.1 Å². The maximum absolute atomic E-state index is 9.68. The van der Waals surface area contributed by atoms with Crippen molar-refractivity contribution >= 4 is 5.69 Å². The first-order valence-electron chi connectivity index (χ1n) is 5.45. The number of rotatable bonds is 2. The lowest BCUT2D eigenvalue weighted by Crippen LogP contribution is -2.19. The van der Waals surface area contributed by atoms with Crippen LogP contribution in [-0.4, -0.2) is 23.1 Å². The Bertz CT molecular complexity index is 351. The van der Waals surface area contributed by atoms with Crippen LogP contribution in [0.2, 0.25) is 0 Å². The molecule has 1 aromatic carbocycles. The van der Waals surface area contributed by atoms with Crippen LogP contribution in [0.3, 0.4) is 0 Å². The van der Waals surface area contributed by atoms with Gasteiger partial charge in [0.25, 0.3) is 0 Å². The number of hydrogen-bond acceptors (Lipinski definition) is 3. The lowest BCUT2D eigenvalue weighted by Gasteiger charge is -2.16. The monoisotopic (exact) mass is 206 g/mol. The average Bonchev–Trinajstić information content (AvgIpc) is 2.58. The fourth-order valence-corrected chi connectivity index (χ4v) is 2.14. The zero-order chi connectivity index (χ0) is 10.8. The molecule has 1 unspecified atom stereocenters. The van der Waals surface area contributed by atoms with Crippen molar-refractivity contribution in [2.24, 2.45) is 5.92 Å². The minimum Gasteiger partial charge on any atom is -0.508 e. The molecule has 0 radical (unpaired) electrons. The highest BCUT2D eigenvalue weighted by atomic mass is 16.3. The van der Waals surface area contributed by atoms with Gasteiger partial charge in [-0.05, 0) is 37.1 Å². The number of phenols is 1. The van der Waals surface area contributed by atoms with E-state index in [4.69, 9.17) is 5.73 Å². The van der Waals surface area contributed by atoms with Crippen molar-refractivity contribution in [3.63, 3.8) is 0 Å². The average molecular weight is 206 g/mol. The predicted molar refractivity (Wildman–Crippen MR) is 61.6 cm³/mol. The molecule has 3 N–H and O–H groups in total. The third kappa shape index (κ3) is 2.42. The summed E-state index contributed by atoms with van der Waals surface area (Å²) in [5.74, 6) is 1.12. The number of likely N-dealkylation sites (tertiary alicyclic amines) is 1. The third-order valence-corrected chi connectivity index (χ3v) is 3.01. The van der Waals surface area contributed by atoms with Gasteiger partial charge in [-0.2, -0.15) is 0 Å². The number of nitrogens with zero attached hydrogens (tertiary/aromatic N) is 1. The molecule has 0 aromatic heterocycles. The highest BCUT2D eigenvalue weighted by Gasteiger charge is 2.19. The van der Waals surface area contributed by atoms with Crippen LogP contribution >= 0.6 is 0 Å². The van der Waals surface area contributed by atoms with Crippen LogP contribution in [0.15, 0.2) is 18.2 Å². The summed E-state index contributed by atoms with van der Waals surface area (Å²) in [6.45, 7) is 5.31. The van der Waals surface area contributed by atoms with Crippen LogP contribution in [0.1, 0.15) is 18.9 Å². The molecule has 2 rings (SSSR count). The summed E-state index contributed by atoms with van der Waals surface area (Å²) in [5, 5.41) is 9.68. The largest absolute Gasteiger partial charge is 0.508 e. The Morgan fingerprint density at radius 1 is 1.53 bits per heavy atom. The van der Waals surface area contributed by atoms with Gasteiger partial charge in [-0.25, -0.2) is 0 Å². The Morgan fingerprint density at radius 3 is 3.00 bits per heavy atom. The molecule has 1 aromatic rings. The predicted octanol–water partition coefficient (Wildman–Crippen LogP) is 1.82. The zero-order valence-corrected chi connectivity index (χ0v) is 9.11. The Hall–Kier alpha value is -1.22. The lowest BCUT2D eigenvalue weighted by atomic mass is 10.1. The van der Waals surface area contributed by atoms with Gasteiger partial charge in [-0.3, -0.25) is 4.90 Å². The number of aromatic hydroxyl groups is 1. The van der Waals surface area contributed by atoms with Crippen LogP contribution in [-0.2, 0) is 6.54 Å². The molecular weight excluding hydrogens is 188 g/mol. The molecule has 3 nitrogen and oxygen atoms in total. The van der Waals surface area contributed by atoms with Gasteiger partial charge >= 0.3 is 0 Å². The van der Waals surface area contributed by atoms with Gasteiger partial charge in [0.2, 0.25) is 0 Å². The molecule has 0 spiro atoms. The van der Waals surface area contributed by atoms with E-state index in [1.807, 2.05) is 6.07 Å². The summed E-state index contributed by atoms with van der Waals surface area (Å²) < 4.78 is 0. The van der Waals surface area contributed by atoms with Crippen LogP contribution in [0.25, 0.3) is 0 Å². The second-order valence-electron chi connectivity index (χ2n) is 4.52. The molecule has 1 atom stereocenters. The summed E-state index contributed by atoms with van der Waals surface area (Å²) in [6, 6.07) is 5.26. The molecule has 82 valence electrons. The van der Waals surface area contributed by atoms with Crippen LogP contribution in [0, 0.1) is 5.92 Å². The Morgan fingerprint density at radius 2 is 2.33 bits per heavy atom. The van der Waals surface area contributed by atoms with Crippen molar-refractivity contribution in [3.05, 3.63) is 23.8 Å². The molecular formula is C12H18N2O. The summed E-state index contributed by atoms with van der Waals surface area (Å²) in [7, 11) is 0. The molecule has 1 saturated heterocycles. The standard InChI is InChI=1S/C12H18N2O/c1-9-4-5-14(7-9)8-10-6-11(13)2-3-12(10)15/h2-3,6,9,15H,4-5,7-8,13H2,1H3. The van der Waals surface area contributed by atoms with Crippen molar-refractivity contribution in [2.45, 2.75) is 19.9 Å². The van der Waals surface area contributed by atoms with E-state index in [0.29, 0.717) is 5.75 Å². The molecule has 1 aliphatic rings. The van der Waals surface area contributed by atoms with Crippen LogP contribution in [0.4, 0.5) is 5.69 Å².